The first-order chi connectivity index (χ1) is 9.09. The molecule has 0 bridgehead atoms. The van der Waals surface area contributed by atoms with E-state index in [1.165, 1.54) is 11.1 Å². The number of hydrogen-bond donors (Lipinski definition) is 0. The quantitative estimate of drug-likeness (QED) is 0.570. The highest BCUT2D eigenvalue weighted by molar-refractivity contribution is 6.10. The number of ketones is 1. The summed E-state index contributed by atoms with van der Waals surface area (Å²) in [6.45, 7) is 8.98. The Bertz CT molecular complexity index is 546. The lowest BCUT2D eigenvalue weighted by molar-refractivity contribution is 0.0637. The molecule has 0 aliphatic carbocycles. The van der Waals surface area contributed by atoms with E-state index < -0.39 is 0 Å². The van der Waals surface area contributed by atoms with Crippen molar-refractivity contribution in [1.82, 2.24) is 4.90 Å². The number of aryl methyl sites for hydroxylation is 1. The Morgan fingerprint density at radius 1 is 1.16 bits per heavy atom. The van der Waals surface area contributed by atoms with Crippen molar-refractivity contribution in [1.29, 1.82) is 0 Å². The van der Waals surface area contributed by atoms with Gasteiger partial charge >= 0.3 is 0 Å². The van der Waals surface area contributed by atoms with Gasteiger partial charge in [0, 0.05) is 24.7 Å². The molecule has 3 heteroatoms. The molecule has 1 fully saturated rings. The first kappa shape index (κ1) is 13.6. The highest BCUT2D eigenvalue weighted by Crippen LogP contribution is 2.17. The standard InChI is InChI=1S/C16H19NO2/c1-12-4-5-15(14(3)13(12)2)16(18)6-7-17-8-10-19-11-9-17/h4-5H,8-11H2,1-3H3. The van der Waals surface area contributed by atoms with E-state index in [-0.39, 0.29) is 5.78 Å². The molecule has 1 aliphatic heterocycles. The van der Waals surface area contributed by atoms with Gasteiger partial charge in [0.25, 0.3) is 0 Å². The minimum absolute atomic E-state index is 0.105. The number of rotatable bonds is 1. The van der Waals surface area contributed by atoms with Crippen molar-refractivity contribution >= 4 is 5.78 Å². The summed E-state index contributed by atoms with van der Waals surface area (Å²) in [4.78, 5) is 14.1. The molecule has 2 rings (SSSR count). The van der Waals surface area contributed by atoms with Crippen LogP contribution in [0.25, 0.3) is 0 Å². The molecule has 0 saturated carbocycles. The second-order valence-corrected chi connectivity index (χ2v) is 4.85. The van der Waals surface area contributed by atoms with Crippen molar-refractivity contribution in [3.05, 3.63) is 34.4 Å². The van der Waals surface area contributed by atoms with E-state index in [1.54, 1.807) is 0 Å². The lowest BCUT2D eigenvalue weighted by Crippen LogP contribution is -2.32. The van der Waals surface area contributed by atoms with Crippen LogP contribution in [0.4, 0.5) is 0 Å². The monoisotopic (exact) mass is 257 g/mol. The smallest absolute Gasteiger partial charge is 0.237 e. The number of carbonyl (C=O) groups is 1. The number of benzene rings is 1. The van der Waals surface area contributed by atoms with Gasteiger partial charge in [0.15, 0.2) is 0 Å². The minimum Gasteiger partial charge on any atom is -0.378 e. The van der Waals surface area contributed by atoms with Crippen molar-refractivity contribution in [2.24, 2.45) is 0 Å². The summed E-state index contributed by atoms with van der Waals surface area (Å²) in [5, 5.41) is 0. The predicted molar refractivity (Wildman–Crippen MR) is 75.2 cm³/mol. The van der Waals surface area contributed by atoms with E-state index in [2.05, 4.69) is 18.9 Å². The molecule has 100 valence electrons. The molecule has 1 aliphatic rings. The van der Waals surface area contributed by atoms with E-state index in [9.17, 15) is 4.79 Å². The molecule has 0 atom stereocenters. The average molecular weight is 257 g/mol. The highest BCUT2D eigenvalue weighted by atomic mass is 16.5. The molecule has 0 amide bonds. The average Bonchev–Trinajstić information content (AvgIpc) is 2.43. The summed E-state index contributed by atoms with van der Waals surface area (Å²) >= 11 is 0. The largest absolute Gasteiger partial charge is 0.378 e. The molecule has 0 spiro atoms. The maximum absolute atomic E-state index is 12.1. The first-order valence-electron chi connectivity index (χ1n) is 6.55. The van der Waals surface area contributed by atoms with Crippen LogP contribution in [0.2, 0.25) is 0 Å². The number of ether oxygens (including phenoxy) is 1. The molecule has 3 nitrogen and oxygen atoms in total. The van der Waals surface area contributed by atoms with Gasteiger partial charge in [-0.05, 0) is 49.4 Å². The van der Waals surface area contributed by atoms with Crippen LogP contribution in [-0.4, -0.2) is 37.0 Å². The van der Waals surface area contributed by atoms with E-state index >= 15 is 0 Å². The topological polar surface area (TPSA) is 29.5 Å². The summed E-state index contributed by atoms with van der Waals surface area (Å²) in [6.07, 6.45) is 0. The fraction of sp³-hybridized carbons (Fsp3) is 0.438. The first-order valence-corrected chi connectivity index (χ1v) is 6.55. The van der Waals surface area contributed by atoms with Crippen LogP contribution < -0.4 is 0 Å². The van der Waals surface area contributed by atoms with E-state index in [0.717, 1.165) is 18.7 Å². The van der Waals surface area contributed by atoms with Gasteiger partial charge in [-0.2, -0.15) is 0 Å². The maximum Gasteiger partial charge on any atom is 0.237 e. The number of Topliss-reactive ketones (excluding diaryl/α,β-unsaturated/α-hetero) is 1. The predicted octanol–water partition coefficient (Wildman–Crippen LogP) is 2.09. The molecule has 19 heavy (non-hydrogen) atoms. The lowest BCUT2D eigenvalue weighted by atomic mass is 9.97. The Hall–Kier alpha value is -1.79. The van der Waals surface area contributed by atoms with Gasteiger partial charge in [0.05, 0.1) is 13.2 Å². The maximum atomic E-state index is 12.1. The fourth-order valence-electron chi connectivity index (χ4n) is 2.07. The van der Waals surface area contributed by atoms with Crippen LogP contribution in [0, 0.1) is 32.7 Å². The Balaban J connectivity index is 2.16. The van der Waals surface area contributed by atoms with Crippen molar-refractivity contribution < 1.29 is 9.53 Å². The van der Waals surface area contributed by atoms with Crippen LogP contribution >= 0.6 is 0 Å². The van der Waals surface area contributed by atoms with Gasteiger partial charge < -0.3 is 9.64 Å². The van der Waals surface area contributed by atoms with Crippen LogP contribution in [0.15, 0.2) is 12.1 Å². The lowest BCUT2D eigenvalue weighted by Gasteiger charge is -2.22. The molecule has 0 radical (unpaired) electrons. The number of nitrogens with zero attached hydrogens (tertiary/aromatic N) is 1. The van der Waals surface area contributed by atoms with Gasteiger partial charge in [-0.3, -0.25) is 4.79 Å². The summed E-state index contributed by atoms with van der Waals surface area (Å²) in [6, 6.07) is 6.78. The molecule has 1 aromatic carbocycles. The third-order valence-corrected chi connectivity index (χ3v) is 3.64. The summed E-state index contributed by atoms with van der Waals surface area (Å²) in [7, 11) is 0. The Labute approximate surface area is 114 Å². The van der Waals surface area contributed by atoms with Crippen LogP contribution in [0.3, 0.4) is 0 Å². The zero-order chi connectivity index (χ0) is 13.8. The Morgan fingerprint density at radius 2 is 1.84 bits per heavy atom. The normalized spacial score (nSPS) is 14.8. The zero-order valence-corrected chi connectivity index (χ0v) is 11.7. The molecule has 1 aromatic rings. The van der Waals surface area contributed by atoms with Gasteiger partial charge in [0.1, 0.15) is 0 Å². The Kier molecular flexibility index (Phi) is 4.24. The van der Waals surface area contributed by atoms with E-state index in [4.69, 9.17) is 4.74 Å². The molecule has 1 saturated heterocycles. The SMILES string of the molecule is Cc1ccc(C(=O)C#CN2CCOCC2)c(C)c1C. The van der Waals surface area contributed by atoms with Crippen molar-refractivity contribution in [3.8, 4) is 12.0 Å². The minimum atomic E-state index is -0.105. The van der Waals surface area contributed by atoms with Crippen LogP contribution in [0.1, 0.15) is 27.0 Å². The van der Waals surface area contributed by atoms with Crippen molar-refractivity contribution in [3.63, 3.8) is 0 Å². The molecular weight excluding hydrogens is 238 g/mol. The molecule has 0 unspecified atom stereocenters. The second-order valence-electron chi connectivity index (χ2n) is 4.85. The van der Waals surface area contributed by atoms with Gasteiger partial charge in [-0.25, -0.2) is 0 Å². The number of carbonyl (C=O) groups excluding carboxylic acids is 1. The molecule has 1 heterocycles. The fourth-order valence-corrected chi connectivity index (χ4v) is 2.07. The zero-order valence-electron chi connectivity index (χ0n) is 11.7. The number of hydrogen-bond acceptors (Lipinski definition) is 3. The van der Waals surface area contributed by atoms with E-state index in [1.807, 2.05) is 30.9 Å². The highest BCUT2D eigenvalue weighted by Gasteiger charge is 2.10. The summed E-state index contributed by atoms with van der Waals surface area (Å²) in [5.41, 5.74) is 4.11. The van der Waals surface area contributed by atoms with Gasteiger partial charge in [-0.1, -0.05) is 6.07 Å². The summed E-state index contributed by atoms with van der Waals surface area (Å²) in [5.74, 6) is 2.63. The molecule has 0 N–H and O–H groups in total. The van der Waals surface area contributed by atoms with Crippen LogP contribution in [0.5, 0.6) is 0 Å². The third-order valence-electron chi connectivity index (χ3n) is 3.64. The van der Waals surface area contributed by atoms with Crippen molar-refractivity contribution in [2.75, 3.05) is 26.3 Å². The van der Waals surface area contributed by atoms with Crippen LogP contribution in [-0.2, 0) is 4.74 Å². The van der Waals surface area contributed by atoms with Crippen molar-refractivity contribution in [2.45, 2.75) is 20.8 Å². The van der Waals surface area contributed by atoms with E-state index in [0.29, 0.717) is 18.8 Å². The van der Waals surface area contributed by atoms with Gasteiger partial charge in [0.2, 0.25) is 5.78 Å². The molecular formula is C16H19NO2. The third kappa shape index (κ3) is 3.15. The number of morpholine rings is 1. The molecule has 0 aromatic heterocycles. The Morgan fingerprint density at radius 3 is 2.53 bits per heavy atom. The summed E-state index contributed by atoms with van der Waals surface area (Å²) < 4.78 is 5.24. The second kappa shape index (κ2) is 5.90. The van der Waals surface area contributed by atoms with Gasteiger partial charge in [-0.15, -0.1) is 0 Å².